The Morgan fingerprint density at radius 2 is 1.56 bits per heavy atom. The number of rotatable bonds is 2. The zero-order valence-corrected chi connectivity index (χ0v) is 14.9. The molecule has 0 aliphatic carbocycles. The van der Waals surface area contributed by atoms with Crippen molar-refractivity contribution in [1.29, 1.82) is 0 Å². The highest BCUT2D eigenvalue weighted by Crippen LogP contribution is 2.33. The summed E-state index contributed by atoms with van der Waals surface area (Å²) >= 11 is 6.05. The minimum absolute atomic E-state index is 0.407. The van der Waals surface area contributed by atoms with Gasteiger partial charge in [-0.3, -0.25) is 0 Å². The van der Waals surface area contributed by atoms with Gasteiger partial charge in [0.25, 0.3) is 0 Å². The van der Waals surface area contributed by atoms with Crippen LogP contribution < -0.4 is 5.63 Å². The van der Waals surface area contributed by atoms with Crippen LogP contribution in [0.2, 0.25) is 5.02 Å². The summed E-state index contributed by atoms with van der Waals surface area (Å²) in [5.74, 6) is 0. The largest absolute Gasteiger partial charge is 0.422 e. The van der Waals surface area contributed by atoms with Crippen molar-refractivity contribution in [2.75, 3.05) is 0 Å². The van der Waals surface area contributed by atoms with Gasteiger partial charge in [-0.05, 0) is 36.4 Å². The van der Waals surface area contributed by atoms with Crippen LogP contribution in [0.4, 0.5) is 0 Å². The summed E-state index contributed by atoms with van der Waals surface area (Å²) in [6.07, 6.45) is 0. The van der Waals surface area contributed by atoms with Gasteiger partial charge in [0.05, 0.1) is 11.4 Å². The van der Waals surface area contributed by atoms with Gasteiger partial charge in [-0.2, -0.15) is 5.10 Å². The van der Waals surface area contributed by atoms with Crippen LogP contribution in [0.15, 0.2) is 88.1 Å². The number of hydrogen-bond acceptors (Lipinski definition) is 3. The molecule has 0 saturated carbocycles. The first-order valence-corrected chi connectivity index (χ1v) is 8.86. The van der Waals surface area contributed by atoms with Crippen molar-refractivity contribution in [3.63, 3.8) is 0 Å². The lowest BCUT2D eigenvalue weighted by Crippen LogP contribution is -2.02. The fraction of sp³-hybridized carbons (Fsp3) is 0. The first kappa shape index (κ1) is 15.9. The van der Waals surface area contributed by atoms with Crippen LogP contribution in [0, 0.1) is 0 Å². The van der Waals surface area contributed by atoms with Crippen molar-refractivity contribution in [3.05, 3.63) is 94.3 Å². The number of aromatic nitrogens is 2. The van der Waals surface area contributed by atoms with Crippen LogP contribution in [0.3, 0.4) is 0 Å². The van der Waals surface area contributed by atoms with Gasteiger partial charge in [0.1, 0.15) is 16.5 Å². The second-order valence-electron chi connectivity index (χ2n) is 6.21. The minimum Gasteiger partial charge on any atom is -0.422 e. The third-order valence-corrected chi connectivity index (χ3v) is 4.80. The minimum atomic E-state index is -0.407. The van der Waals surface area contributed by atoms with Gasteiger partial charge < -0.3 is 4.42 Å². The van der Waals surface area contributed by atoms with Gasteiger partial charge in [-0.15, -0.1) is 0 Å². The van der Waals surface area contributed by atoms with Crippen LogP contribution in [0.5, 0.6) is 0 Å². The molecule has 5 aromatic rings. The van der Waals surface area contributed by atoms with E-state index >= 15 is 0 Å². The van der Waals surface area contributed by atoms with E-state index in [2.05, 4.69) is 0 Å². The molecule has 0 unspecified atom stereocenters. The summed E-state index contributed by atoms with van der Waals surface area (Å²) in [5, 5.41) is 6.69. The summed E-state index contributed by atoms with van der Waals surface area (Å²) in [4.78, 5) is 12.9. The predicted molar refractivity (Wildman–Crippen MR) is 108 cm³/mol. The van der Waals surface area contributed by atoms with Gasteiger partial charge in [-0.1, -0.05) is 54.1 Å². The average molecular weight is 373 g/mol. The Kier molecular flexibility index (Phi) is 3.59. The first-order valence-electron chi connectivity index (χ1n) is 8.48. The maximum absolute atomic E-state index is 12.9. The van der Waals surface area contributed by atoms with Crippen LogP contribution in [0.1, 0.15) is 0 Å². The molecule has 0 amide bonds. The van der Waals surface area contributed by atoms with Crippen LogP contribution in [-0.2, 0) is 0 Å². The second-order valence-corrected chi connectivity index (χ2v) is 6.65. The Morgan fingerprint density at radius 1 is 0.852 bits per heavy atom. The molecule has 5 rings (SSSR count). The number of benzene rings is 3. The molecule has 27 heavy (non-hydrogen) atoms. The molecular weight excluding hydrogens is 360 g/mol. The SMILES string of the molecule is O=c1oc2ccccc2c2nn(-c3ccccc3)c(-c3ccc(Cl)cc3)c12. The molecule has 0 bridgehead atoms. The molecule has 4 nitrogen and oxygen atoms in total. The predicted octanol–water partition coefficient (Wildman–Crippen LogP) is 5.45. The Labute approximate surface area is 159 Å². The lowest BCUT2D eigenvalue weighted by atomic mass is 10.1. The molecule has 5 heteroatoms. The highest BCUT2D eigenvalue weighted by molar-refractivity contribution is 6.30. The van der Waals surface area contributed by atoms with Gasteiger partial charge in [0.2, 0.25) is 0 Å². The van der Waals surface area contributed by atoms with E-state index < -0.39 is 5.63 Å². The summed E-state index contributed by atoms with van der Waals surface area (Å²) in [6.45, 7) is 0. The molecule has 0 aliphatic rings. The Balaban J connectivity index is 1.97. The summed E-state index contributed by atoms with van der Waals surface area (Å²) in [5.41, 5.74) is 3.13. The molecule has 0 radical (unpaired) electrons. The van der Waals surface area contributed by atoms with Gasteiger partial charge in [0.15, 0.2) is 0 Å². The molecular formula is C22H13ClN2O2. The standard InChI is InChI=1S/C22H13ClN2O2/c23-15-12-10-14(11-13-15)21-19-20(24-25(21)16-6-2-1-3-7-16)17-8-4-5-9-18(17)27-22(19)26/h1-13H. The van der Waals surface area contributed by atoms with E-state index in [4.69, 9.17) is 21.1 Å². The van der Waals surface area contributed by atoms with Crippen molar-refractivity contribution in [1.82, 2.24) is 9.78 Å². The fourth-order valence-corrected chi connectivity index (χ4v) is 3.46. The Bertz CT molecular complexity index is 1340. The van der Waals surface area contributed by atoms with Crippen molar-refractivity contribution in [3.8, 4) is 16.9 Å². The van der Waals surface area contributed by atoms with E-state index in [0.717, 1.165) is 16.6 Å². The third-order valence-electron chi connectivity index (χ3n) is 4.55. The summed E-state index contributed by atoms with van der Waals surface area (Å²) in [6, 6.07) is 24.5. The molecule has 0 saturated heterocycles. The average Bonchev–Trinajstić information content (AvgIpc) is 3.11. The van der Waals surface area contributed by atoms with Gasteiger partial charge >= 0.3 is 5.63 Å². The molecule has 0 N–H and O–H groups in total. The van der Waals surface area contributed by atoms with Crippen LogP contribution in [-0.4, -0.2) is 9.78 Å². The zero-order valence-electron chi connectivity index (χ0n) is 14.1. The topological polar surface area (TPSA) is 48.0 Å². The van der Waals surface area contributed by atoms with E-state index in [1.165, 1.54) is 0 Å². The van der Waals surface area contributed by atoms with Gasteiger partial charge in [-0.25, -0.2) is 9.48 Å². The molecule has 3 aromatic carbocycles. The molecule has 2 aromatic heterocycles. The lowest BCUT2D eigenvalue weighted by Gasteiger charge is -2.07. The van der Waals surface area contributed by atoms with E-state index in [0.29, 0.717) is 27.2 Å². The lowest BCUT2D eigenvalue weighted by molar-refractivity contribution is 0.570. The monoisotopic (exact) mass is 372 g/mol. The fourth-order valence-electron chi connectivity index (χ4n) is 3.33. The van der Waals surface area contributed by atoms with Crippen molar-refractivity contribution < 1.29 is 4.42 Å². The smallest absolute Gasteiger partial charge is 0.348 e. The van der Waals surface area contributed by atoms with Crippen LogP contribution in [0.25, 0.3) is 38.8 Å². The third kappa shape index (κ3) is 2.54. The van der Waals surface area contributed by atoms with Gasteiger partial charge in [0, 0.05) is 16.0 Å². The van der Waals surface area contributed by atoms with Crippen molar-refractivity contribution >= 4 is 33.5 Å². The highest BCUT2D eigenvalue weighted by atomic mass is 35.5. The zero-order chi connectivity index (χ0) is 18.4. The second kappa shape index (κ2) is 6.11. The maximum Gasteiger partial charge on any atom is 0.348 e. The number of fused-ring (bicyclic) bond motifs is 3. The first-order chi connectivity index (χ1) is 13.2. The molecule has 0 atom stereocenters. The Morgan fingerprint density at radius 3 is 2.33 bits per heavy atom. The number of halogens is 1. The van der Waals surface area contributed by atoms with Crippen LogP contribution >= 0.6 is 11.6 Å². The van der Waals surface area contributed by atoms with Crippen molar-refractivity contribution in [2.24, 2.45) is 0 Å². The van der Waals surface area contributed by atoms with E-state index in [1.807, 2.05) is 60.7 Å². The number of hydrogen-bond donors (Lipinski definition) is 0. The normalized spacial score (nSPS) is 11.3. The summed E-state index contributed by atoms with van der Waals surface area (Å²) < 4.78 is 7.36. The maximum atomic E-state index is 12.9. The molecule has 0 aliphatic heterocycles. The molecule has 2 heterocycles. The molecule has 0 spiro atoms. The van der Waals surface area contributed by atoms with E-state index in [-0.39, 0.29) is 0 Å². The quantitative estimate of drug-likeness (QED) is 0.387. The molecule has 130 valence electrons. The van der Waals surface area contributed by atoms with Crippen molar-refractivity contribution in [2.45, 2.75) is 0 Å². The summed E-state index contributed by atoms with van der Waals surface area (Å²) in [7, 11) is 0. The number of para-hydroxylation sites is 2. The van der Waals surface area contributed by atoms with E-state index in [1.54, 1.807) is 22.9 Å². The number of nitrogens with zero attached hydrogens (tertiary/aromatic N) is 2. The molecule has 0 fully saturated rings. The van der Waals surface area contributed by atoms with E-state index in [9.17, 15) is 4.79 Å². The highest BCUT2D eigenvalue weighted by Gasteiger charge is 2.21. The Hall–Kier alpha value is -3.37.